The summed E-state index contributed by atoms with van der Waals surface area (Å²) in [5, 5.41) is 11.2. The van der Waals surface area contributed by atoms with E-state index >= 15 is 0 Å². The van der Waals surface area contributed by atoms with Crippen LogP contribution in [-0.4, -0.2) is 15.4 Å². The van der Waals surface area contributed by atoms with Gasteiger partial charge in [0.15, 0.2) is 0 Å². The number of hydrogen-bond acceptors (Lipinski definition) is 4. The maximum absolute atomic E-state index is 4.70. The molecule has 0 bridgehead atoms. The molecule has 2 aliphatic heterocycles. The Balaban J connectivity index is 2.78. The molecule has 0 aromatic rings. The fourth-order valence-electron chi connectivity index (χ4n) is 0.826. The maximum atomic E-state index is 4.70. The van der Waals surface area contributed by atoms with Crippen molar-refractivity contribution in [2.75, 3.05) is 0 Å². The molecular weight excluding hydrogens is 130 g/mol. The van der Waals surface area contributed by atoms with E-state index < -0.39 is 0 Å². The zero-order valence-electron chi connectivity index (χ0n) is 5.40. The summed E-state index contributed by atoms with van der Waals surface area (Å²) >= 11 is 0. The first-order valence-electron chi connectivity index (χ1n) is 2.90. The molecule has 0 radical (unpaired) electrons. The second kappa shape index (κ2) is 1.76. The van der Waals surface area contributed by atoms with Crippen LogP contribution in [0.5, 0.6) is 0 Å². The van der Waals surface area contributed by atoms with Gasteiger partial charge in [-0.1, -0.05) is 5.16 Å². The Morgan fingerprint density at radius 2 is 2.30 bits per heavy atom. The Morgan fingerprint density at radius 3 is 3.10 bits per heavy atom. The molecular formula is C6H5N3O. The summed E-state index contributed by atoms with van der Waals surface area (Å²) in [6.45, 7) is 1.88. The van der Waals surface area contributed by atoms with Crippen LogP contribution in [0.25, 0.3) is 11.3 Å². The summed E-state index contributed by atoms with van der Waals surface area (Å²) in [6, 6.07) is 0. The lowest BCUT2D eigenvalue weighted by atomic mass is 10.2. The molecule has 0 amide bonds. The SMILES string of the molecule is Cc1nnc2cnocc1-2. The highest BCUT2D eigenvalue weighted by Crippen LogP contribution is 2.19. The van der Waals surface area contributed by atoms with Crippen molar-refractivity contribution in [3.63, 3.8) is 0 Å². The highest BCUT2D eigenvalue weighted by Gasteiger charge is 2.09. The average molecular weight is 135 g/mol. The van der Waals surface area contributed by atoms with Crippen LogP contribution in [0.3, 0.4) is 0 Å². The zero-order chi connectivity index (χ0) is 6.97. The van der Waals surface area contributed by atoms with Gasteiger partial charge in [0.1, 0.15) is 12.0 Å². The van der Waals surface area contributed by atoms with Gasteiger partial charge in [0.25, 0.3) is 0 Å². The first-order chi connectivity index (χ1) is 4.88. The number of rotatable bonds is 0. The minimum Gasteiger partial charge on any atom is -0.364 e. The topological polar surface area (TPSA) is 51.8 Å². The van der Waals surface area contributed by atoms with Crippen LogP contribution >= 0.6 is 0 Å². The van der Waals surface area contributed by atoms with E-state index in [0.717, 1.165) is 17.0 Å². The molecule has 0 spiro atoms. The Kier molecular flexibility index (Phi) is 0.943. The van der Waals surface area contributed by atoms with Crippen molar-refractivity contribution in [1.29, 1.82) is 0 Å². The molecule has 0 aromatic carbocycles. The maximum Gasteiger partial charge on any atom is 0.133 e. The molecule has 0 unspecified atom stereocenters. The number of aryl methyl sites for hydroxylation is 1. The number of nitrogens with zero attached hydrogens (tertiary/aromatic N) is 3. The molecule has 0 fully saturated rings. The average Bonchev–Trinajstić information content (AvgIpc) is 2.34. The van der Waals surface area contributed by atoms with Crippen LogP contribution in [0.2, 0.25) is 0 Å². The van der Waals surface area contributed by atoms with Crippen molar-refractivity contribution in [3.05, 3.63) is 18.2 Å². The molecule has 50 valence electrons. The molecule has 0 saturated carbocycles. The molecule has 10 heavy (non-hydrogen) atoms. The van der Waals surface area contributed by atoms with Crippen LogP contribution in [0, 0.1) is 6.92 Å². The first kappa shape index (κ1) is 5.34. The van der Waals surface area contributed by atoms with E-state index in [4.69, 9.17) is 4.52 Å². The predicted molar refractivity (Wildman–Crippen MR) is 33.5 cm³/mol. The van der Waals surface area contributed by atoms with E-state index in [2.05, 4.69) is 15.4 Å². The normalized spacial score (nSPS) is 10.5. The summed E-state index contributed by atoms with van der Waals surface area (Å²) in [7, 11) is 0. The largest absolute Gasteiger partial charge is 0.364 e. The molecule has 2 heterocycles. The Labute approximate surface area is 57.2 Å². The molecule has 0 atom stereocenters. The lowest BCUT2D eigenvalue weighted by Gasteiger charge is -1.89. The fraction of sp³-hybridized carbons (Fsp3) is 0.167. The number of fused-ring (bicyclic) bond motifs is 1. The molecule has 0 saturated heterocycles. The molecule has 2 rings (SSSR count). The molecule has 0 aromatic heterocycles. The minimum absolute atomic E-state index is 0.781. The van der Waals surface area contributed by atoms with Crippen LogP contribution in [-0.2, 0) is 0 Å². The smallest absolute Gasteiger partial charge is 0.133 e. The van der Waals surface area contributed by atoms with E-state index in [0.29, 0.717) is 0 Å². The van der Waals surface area contributed by atoms with Gasteiger partial charge in [0, 0.05) is 0 Å². The third-order valence-electron chi connectivity index (χ3n) is 1.38. The Hall–Kier alpha value is -1.45. The molecule has 4 heteroatoms. The van der Waals surface area contributed by atoms with Crippen molar-refractivity contribution < 1.29 is 4.52 Å². The predicted octanol–water partition coefficient (Wildman–Crippen LogP) is 0.878. The van der Waals surface area contributed by atoms with Gasteiger partial charge in [-0.05, 0) is 6.92 Å². The Morgan fingerprint density at radius 1 is 1.40 bits per heavy atom. The second-order valence-corrected chi connectivity index (χ2v) is 2.04. The first-order valence-corrected chi connectivity index (χ1v) is 2.90. The van der Waals surface area contributed by atoms with Crippen LogP contribution in [0.15, 0.2) is 17.0 Å². The monoisotopic (exact) mass is 135 g/mol. The van der Waals surface area contributed by atoms with Crippen molar-refractivity contribution in [3.8, 4) is 11.3 Å². The highest BCUT2D eigenvalue weighted by molar-refractivity contribution is 5.59. The van der Waals surface area contributed by atoms with Crippen LogP contribution < -0.4 is 0 Å². The van der Waals surface area contributed by atoms with Crippen molar-refractivity contribution in [2.24, 2.45) is 0 Å². The van der Waals surface area contributed by atoms with E-state index in [1.165, 1.54) is 0 Å². The lowest BCUT2D eigenvalue weighted by Crippen LogP contribution is -1.78. The van der Waals surface area contributed by atoms with E-state index in [1.807, 2.05) is 6.92 Å². The quantitative estimate of drug-likeness (QED) is 0.538. The van der Waals surface area contributed by atoms with E-state index in [9.17, 15) is 0 Å². The van der Waals surface area contributed by atoms with Crippen molar-refractivity contribution in [1.82, 2.24) is 15.4 Å². The zero-order valence-corrected chi connectivity index (χ0v) is 5.40. The van der Waals surface area contributed by atoms with Gasteiger partial charge in [-0.2, -0.15) is 5.10 Å². The molecule has 2 aliphatic rings. The van der Waals surface area contributed by atoms with Gasteiger partial charge in [0.2, 0.25) is 0 Å². The van der Waals surface area contributed by atoms with Gasteiger partial charge >= 0.3 is 0 Å². The number of aromatic nitrogens is 3. The summed E-state index contributed by atoms with van der Waals surface area (Å²) in [6.07, 6.45) is 3.10. The third kappa shape index (κ3) is 0.586. The van der Waals surface area contributed by atoms with E-state index in [-0.39, 0.29) is 0 Å². The summed E-state index contributed by atoms with van der Waals surface area (Å²) < 4.78 is 4.70. The summed E-state index contributed by atoms with van der Waals surface area (Å²) in [4.78, 5) is 0. The van der Waals surface area contributed by atoms with Crippen molar-refractivity contribution in [2.45, 2.75) is 6.92 Å². The fourth-order valence-corrected chi connectivity index (χ4v) is 0.826. The van der Waals surface area contributed by atoms with Crippen molar-refractivity contribution >= 4 is 0 Å². The van der Waals surface area contributed by atoms with Gasteiger partial charge < -0.3 is 4.52 Å². The van der Waals surface area contributed by atoms with Gasteiger partial charge in [-0.25, -0.2) is 0 Å². The summed E-state index contributed by atoms with van der Waals surface area (Å²) in [5.74, 6) is 0. The van der Waals surface area contributed by atoms with Crippen LogP contribution in [0.4, 0.5) is 0 Å². The Bertz CT molecular complexity index is 317. The van der Waals surface area contributed by atoms with Gasteiger partial charge in [-0.15, -0.1) is 5.10 Å². The summed E-state index contributed by atoms with van der Waals surface area (Å²) in [5.41, 5.74) is 2.58. The lowest BCUT2D eigenvalue weighted by molar-refractivity contribution is 0.400. The molecule has 0 aliphatic carbocycles. The second-order valence-electron chi connectivity index (χ2n) is 2.04. The molecule has 0 N–H and O–H groups in total. The minimum atomic E-state index is 0.781. The van der Waals surface area contributed by atoms with Gasteiger partial charge in [-0.3, -0.25) is 0 Å². The third-order valence-corrected chi connectivity index (χ3v) is 1.38. The van der Waals surface area contributed by atoms with Crippen LogP contribution in [0.1, 0.15) is 5.69 Å². The number of hydrogen-bond donors (Lipinski definition) is 0. The molecule has 4 nitrogen and oxygen atoms in total. The standard InChI is InChI=1S/C6H5N3O/c1-4-5-3-10-7-2-6(5)9-8-4/h2-3H,1H3. The van der Waals surface area contributed by atoms with E-state index in [1.54, 1.807) is 12.5 Å². The van der Waals surface area contributed by atoms with Gasteiger partial charge in [0.05, 0.1) is 17.5 Å². The highest BCUT2D eigenvalue weighted by atomic mass is 16.4.